The molecular weight excluding hydrogens is 376 g/mol. The summed E-state index contributed by atoms with van der Waals surface area (Å²) in [5.74, 6) is 1.41. The second-order valence-corrected chi connectivity index (χ2v) is 7.04. The zero-order chi connectivity index (χ0) is 19.5. The molecule has 0 spiro atoms. The molecule has 0 bridgehead atoms. The normalized spacial score (nSPS) is 19.3. The molecule has 5 nitrogen and oxygen atoms in total. The van der Waals surface area contributed by atoms with Crippen molar-refractivity contribution in [1.29, 1.82) is 0 Å². The van der Waals surface area contributed by atoms with Gasteiger partial charge in [0.15, 0.2) is 0 Å². The van der Waals surface area contributed by atoms with Gasteiger partial charge in [-0.1, -0.05) is 24.3 Å². The lowest BCUT2D eigenvalue weighted by Crippen LogP contribution is -2.13. The average molecular weight is 395 g/mol. The van der Waals surface area contributed by atoms with Crippen molar-refractivity contribution in [2.24, 2.45) is 5.92 Å². The van der Waals surface area contributed by atoms with Gasteiger partial charge in [0.1, 0.15) is 11.5 Å². The van der Waals surface area contributed by atoms with Crippen molar-refractivity contribution in [3.05, 3.63) is 71.7 Å². The predicted octanol–water partition coefficient (Wildman–Crippen LogP) is 4.49. The third-order valence-electron chi connectivity index (χ3n) is 4.73. The highest BCUT2D eigenvalue weighted by Gasteiger charge is 2.33. The monoisotopic (exact) mass is 394 g/mol. The minimum atomic E-state index is -0.130. The van der Waals surface area contributed by atoms with E-state index in [-0.39, 0.29) is 30.0 Å². The summed E-state index contributed by atoms with van der Waals surface area (Å²) in [6.07, 6.45) is 8.81. The van der Waals surface area contributed by atoms with Crippen molar-refractivity contribution in [3.63, 3.8) is 0 Å². The molecule has 2 aromatic rings. The van der Waals surface area contributed by atoms with Crippen LogP contribution in [0.3, 0.4) is 0 Å². The number of nitrogens with one attached hydrogen (secondary N) is 2. The summed E-state index contributed by atoms with van der Waals surface area (Å²) in [5.41, 5.74) is 3.16. The molecule has 1 aromatic heterocycles. The Labute approximate surface area is 167 Å². The Bertz CT molecular complexity index is 1020. The minimum absolute atomic E-state index is 0.0616. The number of fused-ring (bicyclic) bond motifs is 1. The van der Waals surface area contributed by atoms with Crippen LogP contribution >= 0.6 is 11.6 Å². The lowest BCUT2D eigenvalue weighted by molar-refractivity contribution is -0.116. The average Bonchev–Trinajstić information content (AvgIpc) is 3.27. The number of anilines is 1. The van der Waals surface area contributed by atoms with Gasteiger partial charge in [-0.2, -0.15) is 0 Å². The van der Waals surface area contributed by atoms with Crippen LogP contribution in [-0.4, -0.2) is 17.7 Å². The molecule has 1 aliphatic carbocycles. The smallest absolute Gasteiger partial charge is 0.252 e. The largest absolute Gasteiger partial charge is 0.457 e. The van der Waals surface area contributed by atoms with Crippen LogP contribution in [0.25, 0.3) is 17.4 Å². The topological polar surface area (TPSA) is 71.3 Å². The van der Waals surface area contributed by atoms with Crippen molar-refractivity contribution < 1.29 is 14.0 Å². The zero-order valence-electron chi connectivity index (χ0n) is 15.1. The molecule has 0 radical (unpaired) electrons. The number of rotatable bonds is 5. The van der Waals surface area contributed by atoms with Crippen LogP contribution in [0.15, 0.2) is 70.3 Å². The SMILES string of the molecule is O=C(CCCl)Nc1cccc(-c2ccc(/C=C3/C(=O)NC4=CC=CCC43)o2)c1. The first-order valence-corrected chi connectivity index (χ1v) is 9.63. The Morgan fingerprint density at radius 3 is 3.07 bits per heavy atom. The quantitative estimate of drug-likeness (QED) is 0.579. The zero-order valence-corrected chi connectivity index (χ0v) is 15.8. The molecule has 2 amide bonds. The maximum Gasteiger partial charge on any atom is 0.252 e. The Morgan fingerprint density at radius 1 is 1.32 bits per heavy atom. The molecule has 2 heterocycles. The van der Waals surface area contributed by atoms with E-state index in [1.165, 1.54) is 0 Å². The van der Waals surface area contributed by atoms with Gasteiger partial charge in [-0.25, -0.2) is 0 Å². The number of furan rings is 1. The summed E-state index contributed by atoms with van der Waals surface area (Å²) in [5, 5.41) is 5.72. The van der Waals surface area contributed by atoms with E-state index in [1.54, 1.807) is 6.08 Å². The van der Waals surface area contributed by atoms with Crippen LogP contribution in [0.1, 0.15) is 18.6 Å². The van der Waals surface area contributed by atoms with E-state index in [4.69, 9.17) is 16.0 Å². The maximum atomic E-state index is 12.3. The summed E-state index contributed by atoms with van der Waals surface area (Å²) < 4.78 is 5.94. The number of hydrogen-bond acceptors (Lipinski definition) is 3. The highest BCUT2D eigenvalue weighted by Crippen LogP contribution is 2.34. The van der Waals surface area contributed by atoms with Crippen molar-refractivity contribution in [1.82, 2.24) is 5.32 Å². The van der Waals surface area contributed by atoms with Crippen LogP contribution in [0.4, 0.5) is 5.69 Å². The molecule has 28 heavy (non-hydrogen) atoms. The van der Waals surface area contributed by atoms with E-state index in [0.717, 1.165) is 17.7 Å². The molecular formula is C22H19ClN2O3. The molecule has 1 aliphatic heterocycles. The van der Waals surface area contributed by atoms with Gasteiger partial charge < -0.3 is 15.1 Å². The first-order chi connectivity index (χ1) is 13.6. The number of amides is 2. The van der Waals surface area contributed by atoms with Crippen LogP contribution < -0.4 is 10.6 Å². The van der Waals surface area contributed by atoms with Crippen molar-refractivity contribution >= 4 is 35.2 Å². The minimum Gasteiger partial charge on any atom is -0.457 e. The third kappa shape index (κ3) is 3.80. The molecule has 6 heteroatoms. The van der Waals surface area contributed by atoms with Gasteiger partial charge in [0.05, 0.1) is 0 Å². The van der Waals surface area contributed by atoms with Gasteiger partial charge in [0.25, 0.3) is 5.91 Å². The van der Waals surface area contributed by atoms with E-state index in [2.05, 4.69) is 16.7 Å². The first kappa shape index (κ1) is 18.3. The third-order valence-corrected chi connectivity index (χ3v) is 4.92. The highest BCUT2D eigenvalue weighted by atomic mass is 35.5. The van der Waals surface area contributed by atoms with Gasteiger partial charge in [-0.3, -0.25) is 9.59 Å². The van der Waals surface area contributed by atoms with Crippen LogP contribution in [0.2, 0.25) is 0 Å². The molecule has 2 aliphatic rings. The van der Waals surface area contributed by atoms with E-state index in [9.17, 15) is 9.59 Å². The summed E-state index contributed by atoms with van der Waals surface area (Å²) in [4.78, 5) is 24.0. The fourth-order valence-electron chi connectivity index (χ4n) is 3.38. The summed E-state index contributed by atoms with van der Waals surface area (Å²) in [6, 6.07) is 11.1. The fourth-order valence-corrected chi connectivity index (χ4v) is 3.55. The number of halogens is 1. The van der Waals surface area contributed by atoms with Crippen LogP contribution in [0.5, 0.6) is 0 Å². The second kappa shape index (κ2) is 7.90. The number of alkyl halides is 1. The standard InChI is InChI=1S/C22H19ClN2O3/c23-11-10-21(26)24-15-5-3-4-14(12-15)20-9-8-16(28-20)13-18-17-6-1-2-7-19(17)25-22(18)27/h1-5,7-9,12-13,17H,6,10-11H2,(H,24,26)(H,25,27)/b18-13+. The van der Waals surface area contributed by atoms with Crippen LogP contribution in [0, 0.1) is 5.92 Å². The number of allylic oxidation sites excluding steroid dienone is 4. The molecule has 1 aromatic carbocycles. The molecule has 2 N–H and O–H groups in total. The molecule has 1 fully saturated rings. The molecule has 1 unspecified atom stereocenters. The van der Waals surface area contributed by atoms with Crippen molar-refractivity contribution in [3.8, 4) is 11.3 Å². The van der Waals surface area contributed by atoms with Gasteiger partial charge in [-0.05, 0) is 42.8 Å². The van der Waals surface area contributed by atoms with Crippen molar-refractivity contribution in [2.45, 2.75) is 12.8 Å². The molecule has 142 valence electrons. The molecule has 1 saturated heterocycles. The summed E-state index contributed by atoms with van der Waals surface area (Å²) >= 11 is 5.60. The van der Waals surface area contributed by atoms with Gasteiger partial charge in [0, 0.05) is 40.7 Å². The van der Waals surface area contributed by atoms with E-state index < -0.39 is 0 Å². The highest BCUT2D eigenvalue weighted by molar-refractivity contribution is 6.19. The Morgan fingerprint density at radius 2 is 2.21 bits per heavy atom. The Hall–Kier alpha value is -3.05. The van der Waals surface area contributed by atoms with Crippen LogP contribution in [-0.2, 0) is 9.59 Å². The Balaban J connectivity index is 1.55. The Kier molecular flexibility index (Phi) is 5.17. The van der Waals surface area contributed by atoms with E-state index in [1.807, 2.05) is 48.6 Å². The van der Waals surface area contributed by atoms with E-state index in [0.29, 0.717) is 22.8 Å². The number of hydrogen-bond donors (Lipinski definition) is 2. The number of carbonyl (C=O) groups excluding carboxylic acids is 2. The fraction of sp³-hybridized carbons (Fsp3) is 0.182. The van der Waals surface area contributed by atoms with E-state index >= 15 is 0 Å². The lowest BCUT2D eigenvalue weighted by Gasteiger charge is -2.11. The van der Waals surface area contributed by atoms with Gasteiger partial charge in [0.2, 0.25) is 5.91 Å². The molecule has 0 saturated carbocycles. The van der Waals surface area contributed by atoms with Gasteiger partial charge >= 0.3 is 0 Å². The molecule has 1 atom stereocenters. The number of benzene rings is 1. The predicted molar refractivity (Wildman–Crippen MR) is 110 cm³/mol. The summed E-state index contributed by atoms with van der Waals surface area (Å²) in [6.45, 7) is 0. The van der Waals surface area contributed by atoms with Gasteiger partial charge in [-0.15, -0.1) is 11.6 Å². The second-order valence-electron chi connectivity index (χ2n) is 6.66. The number of carbonyl (C=O) groups is 2. The maximum absolute atomic E-state index is 12.3. The molecule has 4 rings (SSSR count). The first-order valence-electron chi connectivity index (χ1n) is 9.10. The summed E-state index contributed by atoms with van der Waals surface area (Å²) in [7, 11) is 0. The van der Waals surface area contributed by atoms with Crippen molar-refractivity contribution in [2.75, 3.05) is 11.2 Å². The lowest BCUT2D eigenvalue weighted by atomic mass is 9.92.